The summed E-state index contributed by atoms with van der Waals surface area (Å²) in [6.45, 7) is 6.65. The molecule has 1 aliphatic rings. The van der Waals surface area contributed by atoms with Crippen molar-refractivity contribution in [3.8, 4) is 17.0 Å². The molecule has 2 heterocycles. The number of hydrogen-bond acceptors (Lipinski definition) is 6. The highest BCUT2D eigenvalue weighted by Gasteiger charge is 2.27. The fourth-order valence-corrected chi connectivity index (χ4v) is 4.44. The smallest absolute Gasteiger partial charge is 0.242 e. The third kappa shape index (κ3) is 6.64. The summed E-state index contributed by atoms with van der Waals surface area (Å²) in [4.78, 5) is 31.9. The van der Waals surface area contributed by atoms with Gasteiger partial charge in [0.05, 0.1) is 19.2 Å². The molecule has 0 aliphatic carbocycles. The van der Waals surface area contributed by atoms with Crippen molar-refractivity contribution < 1.29 is 14.3 Å². The zero-order valence-electron chi connectivity index (χ0n) is 21.8. The summed E-state index contributed by atoms with van der Waals surface area (Å²) < 4.78 is 5.30. The molecule has 0 unspecified atom stereocenters. The van der Waals surface area contributed by atoms with E-state index in [4.69, 9.17) is 4.74 Å². The maximum atomic E-state index is 13.2. The number of hydrogen-bond donors (Lipinski definition) is 0. The summed E-state index contributed by atoms with van der Waals surface area (Å²) in [5.41, 5.74) is 2.68. The predicted octanol–water partition coefficient (Wildman–Crippen LogP) is 3.67. The number of amides is 2. The average molecular weight is 502 g/mol. The lowest BCUT2D eigenvalue weighted by molar-refractivity contribution is -0.142. The molecule has 8 heteroatoms. The molecule has 0 saturated carbocycles. The summed E-state index contributed by atoms with van der Waals surface area (Å²) in [6, 6.07) is 21.3. The van der Waals surface area contributed by atoms with Gasteiger partial charge in [0.2, 0.25) is 11.8 Å². The zero-order chi connectivity index (χ0) is 26.2. The number of ether oxygens (including phenoxy) is 1. The topological polar surface area (TPSA) is 78.9 Å². The standard InChI is InChI=1S/C29H35N5O3/c1-4-22(2)34(28(35)19-23-9-6-5-7-10-23)21-29(36)33-17-15-32(16-18-33)27-14-13-26(30-31-27)24-11-8-12-25(20-24)37-3/h5-14,20,22H,4,15-19,21H2,1-3H3/t22-/m1/s1. The first-order valence-corrected chi connectivity index (χ1v) is 12.8. The molecule has 37 heavy (non-hydrogen) atoms. The van der Waals surface area contributed by atoms with E-state index >= 15 is 0 Å². The van der Waals surface area contributed by atoms with E-state index in [9.17, 15) is 9.59 Å². The lowest BCUT2D eigenvalue weighted by Crippen LogP contribution is -2.53. The molecule has 4 rings (SSSR count). The monoisotopic (exact) mass is 501 g/mol. The van der Waals surface area contributed by atoms with E-state index in [1.165, 1.54) is 0 Å². The van der Waals surface area contributed by atoms with Crippen molar-refractivity contribution in [3.63, 3.8) is 0 Å². The Labute approximate surface area is 218 Å². The summed E-state index contributed by atoms with van der Waals surface area (Å²) in [5.74, 6) is 1.54. The number of nitrogens with zero attached hydrogens (tertiary/aromatic N) is 5. The molecule has 0 radical (unpaired) electrons. The zero-order valence-corrected chi connectivity index (χ0v) is 21.8. The van der Waals surface area contributed by atoms with Crippen LogP contribution < -0.4 is 9.64 Å². The number of carbonyl (C=O) groups excluding carboxylic acids is 2. The van der Waals surface area contributed by atoms with E-state index in [0.717, 1.165) is 34.8 Å². The number of anilines is 1. The molecule has 2 aromatic carbocycles. The molecule has 1 saturated heterocycles. The minimum absolute atomic E-state index is 0.000164. The van der Waals surface area contributed by atoms with Crippen LogP contribution in [0.25, 0.3) is 11.3 Å². The van der Waals surface area contributed by atoms with Gasteiger partial charge in [0.1, 0.15) is 12.3 Å². The number of methoxy groups -OCH3 is 1. The molecule has 3 aromatic rings. The van der Waals surface area contributed by atoms with Crippen LogP contribution in [0, 0.1) is 0 Å². The van der Waals surface area contributed by atoms with Crippen LogP contribution in [0.5, 0.6) is 5.75 Å². The van der Waals surface area contributed by atoms with Crippen LogP contribution in [0.2, 0.25) is 0 Å². The Bertz CT molecular complexity index is 1180. The summed E-state index contributed by atoms with van der Waals surface area (Å²) in [7, 11) is 1.64. The molecule has 1 aromatic heterocycles. The number of rotatable bonds is 9. The second kappa shape index (κ2) is 12.3. The van der Waals surface area contributed by atoms with Crippen molar-refractivity contribution in [2.24, 2.45) is 0 Å². The molecule has 1 atom stereocenters. The number of piperazine rings is 1. The Hall–Kier alpha value is -3.94. The molecular formula is C29H35N5O3. The quantitative estimate of drug-likeness (QED) is 0.445. The minimum atomic E-state index is -0.0149. The average Bonchev–Trinajstić information content (AvgIpc) is 2.96. The first-order chi connectivity index (χ1) is 18.0. The molecule has 2 amide bonds. The van der Waals surface area contributed by atoms with Gasteiger partial charge in [0.15, 0.2) is 5.82 Å². The first-order valence-electron chi connectivity index (χ1n) is 12.8. The van der Waals surface area contributed by atoms with Crippen molar-refractivity contribution in [1.82, 2.24) is 20.0 Å². The highest BCUT2D eigenvalue weighted by Crippen LogP contribution is 2.23. The Kier molecular flexibility index (Phi) is 8.72. The lowest BCUT2D eigenvalue weighted by atomic mass is 10.1. The van der Waals surface area contributed by atoms with E-state index in [-0.39, 0.29) is 24.4 Å². The van der Waals surface area contributed by atoms with Crippen LogP contribution in [0.4, 0.5) is 5.82 Å². The molecule has 8 nitrogen and oxygen atoms in total. The molecule has 194 valence electrons. The second-order valence-corrected chi connectivity index (χ2v) is 9.32. The number of carbonyl (C=O) groups is 2. The Morgan fingerprint density at radius 2 is 1.73 bits per heavy atom. The van der Waals surface area contributed by atoms with Gasteiger partial charge < -0.3 is 19.4 Å². The van der Waals surface area contributed by atoms with Crippen LogP contribution in [0.15, 0.2) is 66.7 Å². The fourth-order valence-electron chi connectivity index (χ4n) is 4.44. The SMILES string of the molecule is CC[C@@H](C)N(CC(=O)N1CCN(c2ccc(-c3cccc(OC)c3)nn2)CC1)C(=O)Cc1ccccc1. The van der Waals surface area contributed by atoms with Gasteiger partial charge in [-0.3, -0.25) is 9.59 Å². The van der Waals surface area contributed by atoms with E-state index in [0.29, 0.717) is 32.6 Å². The van der Waals surface area contributed by atoms with E-state index in [1.54, 1.807) is 12.0 Å². The lowest BCUT2D eigenvalue weighted by Gasteiger charge is -2.37. The van der Waals surface area contributed by atoms with Crippen molar-refractivity contribution in [3.05, 3.63) is 72.3 Å². The van der Waals surface area contributed by atoms with Gasteiger partial charge in [0, 0.05) is 37.8 Å². The molecule has 0 N–H and O–H groups in total. The first kappa shape index (κ1) is 26.1. The van der Waals surface area contributed by atoms with Crippen LogP contribution in [0.1, 0.15) is 25.8 Å². The van der Waals surface area contributed by atoms with Crippen molar-refractivity contribution in [1.29, 1.82) is 0 Å². The second-order valence-electron chi connectivity index (χ2n) is 9.32. The van der Waals surface area contributed by atoms with E-state index in [2.05, 4.69) is 15.1 Å². The Morgan fingerprint density at radius 1 is 0.973 bits per heavy atom. The molecular weight excluding hydrogens is 466 g/mol. The van der Waals surface area contributed by atoms with Crippen LogP contribution in [0.3, 0.4) is 0 Å². The maximum absolute atomic E-state index is 13.2. The van der Waals surface area contributed by atoms with Gasteiger partial charge >= 0.3 is 0 Å². The van der Waals surface area contributed by atoms with Crippen LogP contribution in [-0.2, 0) is 16.0 Å². The van der Waals surface area contributed by atoms with Gasteiger partial charge in [-0.2, -0.15) is 0 Å². The van der Waals surface area contributed by atoms with Gasteiger partial charge in [-0.25, -0.2) is 0 Å². The fraction of sp³-hybridized carbons (Fsp3) is 0.379. The van der Waals surface area contributed by atoms with Crippen molar-refractivity contribution in [2.75, 3.05) is 44.7 Å². The van der Waals surface area contributed by atoms with Crippen LogP contribution in [-0.4, -0.2) is 77.7 Å². The molecule has 0 spiro atoms. The number of aromatic nitrogens is 2. The molecule has 0 bridgehead atoms. The summed E-state index contributed by atoms with van der Waals surface area (Å²) in [6.07, 6.45) is 1.10. The molecule has 1 aliphatic heterocycles. The van der Waals surface area contributed by atoms with Gasteiger partial charge in [0.25, 0.3) is 0 Å². The normalized spacial score (nSPS) is 14.2. The summed E-state index contributed by atoms with van der Waals surface area (Å²) in [5, 5.41) is 8.83. The van der Waals surface area contributed by atoms with E-state index < -0.39 is 0 Å². The molecule has 1 fully saturated rings. The van der Waals surface area contributed by atoms with Gasteiger partial charge in [-0.1, -0.05) is 49.4 Å². The minimum Gasteiger partial charge on any atom is -0.497 e. The van der Waals surface area contributed by atoms with Crippen molar-refractivity contribution >= 4 is 17.6 Å². The highest BCUT2D eigenvalue weighted by atomic mass is 16.5. The van der Waals surface area contributed by atoms with Gasteiger partial charge in [-0.05, 0) is 43.2 Å². The largest absolute Gasteiger partial charge is 0.497 e. The predicted molar refractivity (Wildman–Crippen MR) is 144 cm³/mol. The Balaban J connectivity index is 1.33. The Morgan fingerprint density at radius 3 is 2.38 bits per heavy atom. The third-order valence-electron chi connectivity index (χ3n) is 6.92. The van der Waals surface area contributed by atoms with E-state index in [1.807, 2.05) is 85.5 Å². The highest BCUT2D eigenvalue weighted by molar-refractivity contribution is 5.86. The third-order valence-corrected chi connectivity index (χ3v) is 6.92. The van der Waals surface area contributed by atoms with Gasteiger partial charge in [-0.15, -0.1) is 10.2 Å². The van der Waals surface area contributed by atoms with Crippen LogP contribution >= 0.6 is 0 Å². The summed E-state index contributed by atoms with van der Waals surface area (Å²) >= 11 is 0. The van der Waals surface area contributed by atoms with Crippen molar-refractivity contribution in [2.45, 2.75) is 32.7 Å². The number of benzene rings is 2. The maximum Gasteiger partial charge on any atom is 0.242 e.